The number of benzene rings is 1. The highest BCUT2D eigenvalue weighted by Crippen LogP contribution is 2.10. The summed E-state index contributed by atoms with van der Waals surface area (Å²) < 4.78 is 0. The zero-order chi connectivity index (χ0) is 9.84. The Bertz CT molecular complexity index is 307. The second kappa shape index (κ2) is 4.38. The molecule has 2 heteroatoms. The maximum atomic E-state index is 5.36. The molecule has 13 heavy (non-hydrogen) atoms. The lowest BCUT2D eigenvalue weighted by molar-refractivity contribution is 0.546. The van der Waals surface area contributed by atoms with E-state index in [1.807, 2.05) is 19.2 Å². The van der Waals surface area contributed by atoms with Crippen molar-refractivity contribution < 1.29 is 0 Å². The normalized spacial score (nSPS) is 9.77. The molecule has 0 aliphatic carbocycles. The lowest BCUT2D eigenvalue weighted by Gasteiger charge is -2.18. The van der Waals surface area contributed by atoms with E-state index in [0.717, 1.165) is 11.5 Å². The van der Waals surface area contributed by atoms with Gasteiger partial charge in [-0.2, -0.15) is 0 Å². The predicted octanol–water partition coefficient (Wildman–Crippen LogP) is 2.62. The number of aryl methyl sites for hydroxylation is 1. The number of hydrogen-bond acceptors (Lipinski definition) is 1. The largest absolute Gasteiger partial charge is 0.366 e. The van der Waals surface area contributed by atoms with E-state index >= 15 is 0 Å². The molecule has 1 nitrogen and oxygen atoms in total. The van der Waals surface area contributed by atoms with Crippen LogP contribution in [0, 0.1) is 6.92 Å². The van der Waals surface area contributed by atoms with Gasteiger partial charge in [-0.1, -0.05) is 36.5 Å². The fraction of sp³-hybridized carbons (Fsp3) is 0.364. The van der Waals surface area contributed by atoms with Crippen molar-refractivity contribution >= 4 is 17.2 Å². The number of hydrogen-bond donors (Lipinski definition) is 0. The van der Waals surface area contributed by atoms with E-state index in [0.29, 0.717) is 0 Å². The Hall–Kier alpha value is -0.890. The first-order chi connectivity index (χ1) is 6.16. The zero-order valence-corrected chi connectivity index (χ0v) is 9.19. The van der Waals surface area contributed by atoms with Crippen molar-refractivity contribution in [3.05, 3.63) is 35.4 Å². The summed E-state index contributed by atoms with van der Waals surface area (Å²) in [5, 5.41) is 0. The van der Waals surface area contributed by atoms with E-state index in [-0.39, 0.29) is 0 Å². The fourth-order valence-electron chi connectivity index (χ4n) is 1.16. The van der Waals surface area contributed by atoms with E-state index < -0.39 is 0 Å². The molecule has 0 saturated carbocycles. The van der Waals surface area contributed by atoms with Crippen LogP contribution in [-0.4, -0.2) is 23.5 Å². The van der Waals surface area contributed by atoms with Gasteiger partial charge in [0.15, 0.2) is 0 Å². The summed E-state index contributed by atoms with van der Waals surface area (Å²) in [6, 6.07) is 8.22. The lowest BCUT2D eigenvalue weighted by Crippen LogP contribution is -2.25. The average molecular weight is 193 g/mol. The van der Waals surface area contributed by atoms with Gasteiger partial charge in [0.05, 0.1) is 0 Å². The van der Waals surface area contributed by atoms with Crippen molar-refractivity contribution in [2.75, 3.05) is 13.6 Å². The van der Waals surface area contributed by atoms with Crippen LogP contribution in [0.4, 0.5) is 0 Å². The number of thiocarbonyl (C=S) groups is 1. The Kier molecular flexibility index (Phi) is 3.43. The summed E-state index contributed by atoms with van der Waals surface area (Å²) in [5.41, 5.74) is 2.41. The Labute approximate surface area is 85.4 Å². The van der Waals surface area contributed by atoms with Crippen LogP contribution in [-0.2, 0) is 0 Å². The first-order valence-electron chi connectivity index (χ1n) is 4.48. The molecule has 0 atom stereocenters. The molecule has 0 unspecified atom stereocenters. The molecule has 0 amide bonds. The van der Waals surface area contributed by atoms with Gasteiger partial charge in [-0.15, -0.1) is 0 Å². The van der Waals surface area contributed by atoms with Gasteiger partial charge in [0.1, 0.15) is 4.99 Å². The van der Waals surface area contributed by atoms with Crippen LogP contribution in [0.25, 0.3) is 0 Å². The number of rotatable bonds is 2. The van der Waals surface area contributed by atoms with Gasteiger partial charge in [0.2, 0.25) is 0 Å². The van der Waals surface area contributed by atoms with Gasteiger partial charge in [-0.05, 0) is 19.4 Å². The third kappa shape index (κ3) is 2.28. The van der Waals surface area contributed by atoms with Gasteiger partial charge < -0.3 is 4.90 Å². The van der Waals surface area contributed by atoms with Crippen LogP contribution in [0.15, 0.2) is 24.3 Å². The van der Waals surface area contributed by atoms with Crippen molar-refractivity contribution in [3.8, 4) is 0 Å². The maximum absolute atomic E-state index is 5.36. The smallest absolute Gasteiger partial charge is 0.109 e. The van der Waals surface area contributed by atoms with Crippen molar-refractivity contribution in [3.63, 3.8) is 0 Å². The van der Waals surface area contributed by atoms with E-state index in [9.17, 15) is 0 Å². The molecule has 1 aromatic rings. The minimum Gasteiger partial charge on any atom is -0.366 e. The van der Waals surface area contributed by atoms with Crippen molar-refractivity contribution in [1.29, 1.82) is 0 Å². The second-order valence-corrected chi connectivity index (χ2v) is 3.52. The first kappa shape index (κ1) is 10.2. The van der Waals surface area contributed by atoms with E-state index in [1.165, 1.54) is 11.1 Å². The van der Waals surface area contributed by atoms with E-state index in [2.05, 4.69) is 30.9 Å². The highest BCUT2D eigenvalue weighted by atomic mass is 32.1. The third-order valence-corrected chi connectivity index (χ3v) is 2.73. The topological polar surface area (TPSA) is 3.24 Å². The molecule has 0 heterocycles. The number of nitrogens with zero attached hydrogens (tertiary/aromatic N) is 1. The van der Waals surface area contributed by atoms with Crippen LogP contribution in [0.5, 0.6) is 0 Å². The van der Waals surface area contributed by atoms with Crippen molar-refractivity contribution in [2.24, 2.45) is 0 Å². The van der Waals surface area contributed by atoms with Gasteiger partial charge in [0, 0.05) is 19.2 Å². The van der Waals surface area contributed by atoms with E-state index in [1.54, 1.807) is 0 Å². The Balaban J connectivity index is 2.95. The molecule has 70 valence electrons. The fourth-order valence-corrected chi connectivity index (χ4v) is 1.52. The summed E-state index contributed by atoms with van der Waals surface area (Å²) in [7, 11) is 2.02. The minimum absolute atomic E-state index is 0.931. The molecule has 0 spiro atoms. The molecule has 0 bridgehead atoms. The molecule has 0 fully saturated rings. The summed E-state index contributed by atoms with van der Waals surface area (Å²) >= 11 is 5.36. The highest BCUT2D eigenvalue weighted by Gasteiger charge is 2.06. The van der Waals surface area contributed by atoms with Gasteiger partial charge in [-0.25, -0.2) is 0 Å². The van der Waals surface area contributed by atoms with Crippen LogP contribution in [0.1, 0.15) is 18.1 Å². The minimum atomic E-state index is 0.931. The summed E-state index contributed by atoms with van der Waals surface area (Å²) in [6.07, 6.45) is 0. The van der Waals surface area contributed by atoms with Crippen LogP contribution in [0.2, 0.25) is 0 Å². The SMILES string of the molecule is CCN(C)C(=S)c1ccccc1C. The molecular weight excluding hydrogens is 178 g/mol. The van der Waals surface area contributed by atoms with E-state index in [4.69, 9.17) is 12.2 Å². The maximum Gasteiger partial charge on any atom is 0.109 e. The molecule has 0 radical (unpaired) electrons. The average Bonchev–Trinajstić information content (AvgIpc) is 2.16. The predicted molar refractivity (Wildman–Crippen MR) is 61.2 cm³/mol. The first-order valence-corrected chi connectivity index (χ1v) is 4.88. The molecule has 0 N–H and O–H groups in total. The van der Waals surface area contributed by atoms with Crippen LogP contribution >= 0.6 is 12.2 Å². The van der Waals surface area contributed by atoms with Crippen molar-refractivity contribution in [2.45, 2.75) is 13.8 Å². The van der Waals surface area contributed by atoms with Gasteiger partial charge in [0.25, 0.3) is 0 Å². The quantitative estimate of drug-likeness (QED) is 0.664. The second-order valence-electron chi connectivity index (χ2n) is 3.13. The Morgan fingerprint density at radius 1 is 1.38 bits per heavy atom. The standard InChI is InChI=1S/C11H15NS/c1-4-12(3)11(13)10-8-6-5-7-9(10)2/h5-8H,4H2,1-3H3. The van der Waals surface area contributed by atoms with Crippen LogP contribution in [0.3, 0.4) is 0 Å². The third-order valence-electron chi connectivity index (χ3n) is 2.20. The molecule has 1 rings (SSSR count). The van der Waals surface area contributed by atoms with Gasteiger partial charge >= 0.3 is 0 Å². The Morgan fingerprint density at radius 3 is 2.54 bits per heavy atom. The van der Waals surface area contributed by atoms with Crippen molar-refractivity contribution in [1.82, 2.24) is 4.90 Å². The summed E-state index contributed by atoms with van der Waals surface area (Å²) in [6.45, 7) is 5.14. The van der Waals surface area contributed by atoms with Gasteiger partial charge in [-0.3, -0.25) is 0 Å². The monoisotopic (exact) mass is 193 g/mol. The molecule has 0 saturated heterocycles. The Morgan fingerprint density at radius 2 is 2.00 bits per heavy atom. The summed E-state index contributed by atoms with van der Waals surface area (Å²) in [4.78, 5) is 3.01. The lowest BCUT2D eigenvalue weighted by atomic mass is 10.1. The van der Waals surface area contributed by atoms with Crippen LogP contribution < -0.4 is 0 Å². The molecule has 0 aliphatic rings. The molecule has 0 aliphatic heterocycles. The summed E-state index contributed by atoms with van der Waals surface area (Å²) in [5.74, 6) is 0. The molecular formula is C11H15NS. The highest BCUT2D eigenvalue weighted by molar-refractivity contribution is 7.80. The zero-order valence-electron chi connectivity index (χ0n) is 8.37. The molecule has 0 aromatic heterocycles. The molecule has 1 aromatic carbocycles.